The molecule has 4 rings (SSSR count). The summed E-state index contributed by atoms with van der Waals surface area (Å²) in [6.07, 6.45) is 6.93. The molecule has 8 heteroatoms. The maximum atomic E-state index is 12.5. The van der Waals surface area contributed by atoms with E-state index in [4.69, 9.17) is 0 Å². The molecule has 3 unspecified atom stereocenters. The summed E-state index contributed by atoms with van der Waals surface area (Å²) in [4.78, 5) is 36.5. The zero-order valence-corrected chi connectivity index (χ0v) is 12.9. The number of nitrogens with one attached hydrogen (secondary N) is 1. The van der Waals surface area contributed by atoms with E-state index in [9.17, 15) is 14.7 Å². The first-order valence-electron chi connectivity index (χ1n) is 7.38. The minimum absolute atomic E-state index is 0.0575. The second-order valence-corrected chi connectivity index (χ2v) is 6.86. The largest absolute Gasteiger partial charge is 0.479 e. The Bertz CT molecular complexity index is 778. The molecule has 118 valence electrons. The number of hydrogen-bond acceptors (Lipinski definition) is 6. The van der Waals surface area contributed by atoms with E-state index in [1.165, 1.54) is 11.3 Å². The van der Waals surface area contributed by atoms with Crippen LogP contribution in [0.2, 0.25) is 0 Å². The molecule has 1 amide bonds. The molecule has 7 nitrogen and oxygen atoms in total. The van der Waals surface area contributed by atoms with Crippen LogP contribution in [0, 0.1) is 11.8 Å². The summed E-state index contributed by atoms with van der Waals surface area (Å²) < 4.78 is 0. The van der Waals surface area contributed by atoms with Crippen molar-refractivity contribution >= 4 is 23.2 Å². The molecular weight excluding hydrogens is 316 g/mol. The molecule has 3 atom stereocenters. The third-order valence-corrected chi connectivity index (χ3v) is 5.57. The highest BCUT2D eigenvalue weighted by molar-refractivity contribution is 7.13. The predicted molar refractivity (Wildman–Crippen MR) is 81.8 cm³/mol. The highest BCUT2D eigenvalue weighted by Crippen LogP contribution is 2.57. The van der Waals surface area contributed by atoms with Gasteiger partial charge in [-0.15, -0.1) is 11.3 Å². The van der Waals surface area contributed by atoms with Crippen LogP contribution in [0.5, 0.6) is 0 Å². The number of fused-ring (bicyclic) bond motifs is 1. The Kier molecular flexibility index (Phi) is 3.15. The first kappa shape index (κ1) is 14.3. The first-order chi connectivity index (χ1) is 11.1. The van der Waals surface area contributed by atoms with Crippen molar-refractivity contribution in [1.82, 2.24) is 20.3 Å². The van der Waals surface area contributed by atoms with Crippen molar-refractivity contribution in [2.24, 2.45) is 11.8 Å². The number of carbonyl (C=O) groups excluding carboxylic acids is 1. The number of carboxylic acids is 1. The van der Waals surface area contributed by atoms with Gasteiger partial charge in [-0.25, -0.2) is 9.78 Å². The van der Waals surface area contributed by atoms with Crippen LogP contribution < -0.4 is 5.32 Å². The number of thiazole rings is 1. The molecule has 2 N–H and O–H groups in total. The zero-order valence-electron chi connectivity index (χ0n) is 12.1. The summed E-state index contributed by atoms with van der Waals surface area (Å²) in [5, 5.41) is 14.5. The average Bonchev–Trinajstić information content (AvgIpc) is 3.03. The van der Waals surface area contributed by atoms with E-state index < -0.39 is 17.4 Å². The summed E-state index contributed by atoms with van der Waals surface area (Å²) in [5.74, 6) is -0.884. The van der Waals surface area contributed by atoms with Crippen molar-refractivity contribution in [3.63, 3.8) is 0 Å². The lowest BCUT2D eigenvalue weighted by atomic mass is 9.93. The monoisotopic (exact) mass is 330 g/mol. The van der Waals surface area contributed by atoms with Crippen molar-refractivity contribution in [2.45, 2.75) is 24.8 Å². The topological polar surface area (TPSA) is 105 Å². The lowest BCUT2D eigenvalue weighted by Gasteiger charge is -2.27. The SMILES string of the molecule is O=C(NC1(C(=O)O)CCC2CC21)c1csc(-c2cnccn2)n1. The van der Waals surface area contributed by atoms with Crippen LogP contribution >= 0.6 is 11.3 Å². The molecule has 0 bridgehead atoms. The molecule has 2 aliphatic carbocycles. The Morgan fingerprint density at radius 3 is 2.87 bits per heavy atom. The van der Waals surface area contributed by atoms with Gasteiger partial charge in [0.15, 0.2) is 0 Å². The van der Waals surface area contributed by atoms with Crippen LogP contribution in [0.15, 0.2) is 24.0 Å². The van der Waals surface area contributed by atoms with E-state index in [0.717, 1.165) is 12.8 Å². The van der Waals surface area contributed by atoms with E-state index in [2.05, 4.69) is 20.3 Å². The van der Waals surface area contributed by atoms with Gasteiger partial charge < -0.3 is 10.4 Å². The Morgan fingerprint density at radius 1 is 1.39 bits per heavy atom. The molecule has 2 aromatic heterocycles. The number of hydrogen-bond donors (Lipinski definition) is 2. The van der Waals surface area contributed by atoms with E-state index in [1.54, 1.807) is 24.0 Å². The summed E-state index contributed by atoms with van der Waals surface area (Å²) >= 11 is 1.29. The van der Waals surface area contributed by atoms with Crippen LogP contribution in [-0.4, -0.2) is 37.5 Å². The van der Waals surface area contributed by atoms with Crippen LogP contribution in [0.4, 0.5) is 0 Å². The van der Waals surface area contributed by atoms with Gasteiger partial charge in [0.05, 0.1) is 6.20 Å². The molecule has 2 saturated carbocycles. The number of carbonyl (C=O) groups is 2. The summed E-state index contributed by atoms with van der Waals surface area (Å²) in [6, 6.07) is 0. The van der Waals surface area contributed by atoms with Gasteiger partial charge in [-0.1, -0.05) is 0 Å². The second kappa shape index (κ2) is 5.09. The molecule has 0 saturated heterocycles. The molecule has 0 radical (unpaired) electrons. The average molecular weight is 330 g/mol. The molecular formula is C15H14N4O3S. The van der Waals surface area contributed by atoms with E-state index in [0.29, 0.717) is 23.0 Å². The molecule has 23 heavy (non-hydrogen) atoms. The quantitative estimate of drug-likeness (QED) is 0.882. The Hall–Kier alpha value is -2.35. The molecule has 0 spiro atoms. The highest BCUT2D eigenvalue weighted by atomic mass is 32.1. The lowest BCUT2D eigenvalue weighted by Crippen LogP contribution is -2.55. The summed E-state index contributed by atoms with van der Waals surface area (Å²) in [5.41, 5.74) is -0.314. The van der Waals surface area contributed by atoms with Crippen molar-refractivity contribution in [3.8, 4) is 10.7 Å². The molecule has 2 aliphatic rings. The van der Waals surface area contributed by atoms with Crippen molar-refractivity contribution in [2.75, 3.05) is 0 Å². The summed E-state index contributed by atoms with van der Waals surface area (Å²) in [6.45, 7) is 0. The number of amides is 1. The fourth-order valence-electron chi connectivity index (χ4n) is 3.41. The smallest absolute Gasteiger partial charge is 0.329 e. The van der Waals surface area contributed by atoms with Gasteiger partial charge in [-0.3, -0.25) is 14.8 Å². The van der Waals surface area contributed by atoms with Gasteiger partial charge in [0.1, 0.15) is 21.9 Å². The van der Waals surface area contributed by atoms with Gasteiger partial charge in [0.2, 0.25) is 0 Å². The van der Waals surface area contributed by atoms with Gasteiger partial charge in [0.25, 0.3) is 5.91 Å². The molecule has 2 fully saturated rings. The van der Waals surface area contributed by atoms with Gasteiger partial charge >= 0.3 is 5.97 Å². The van der Waals surface area contributed by atoms with E-state index >= 15 is 0 Å². The van der Waals surface area contributed by atoms with Crippen molar-refractivity contribution in [1.29, 1.82) is 0 Å². The van der Waals surface area contributed by atoms with Crippen LogP contribution in [-0.2, 0) is 4.79 Å². The molecule has 0 aliphatic heterocycles. The minimum atomic E-state index is -1.13. The van der Waals surface area contributed by atoms with Gasteiger partial charge in [-0.05, 0) is 31.1 Å². The minimum Gasteiger partial charge on any atom is -0.479 e. The molecule has 2 aromatic rings. The number of aromatic nitrogens is 3. The first-order valence-corrected chi connectivity index (χ1v) is 8.26. The van der Waals surface area contributed by atoms with Crippen LogP contribution in [0.3, 0.4) is 0 Å². The zero-order chi connectivity index (χ0) is 16.0. The summed E-state index contributed by atoms with van der Waals surface area (Å²) in [7, 11) is 0. The normalized spacial score (nSPS) is 28.2. The van der Waals surface area contributed by atoms with Crippen molar-refractivity contribution in [3.05, 3.63) is 29.7 Å². The van der Waals surface area contributed by atoms with E-state index in [-0.39, 0.29) is 11.6 Å². The number of aliphatic carboxylic acids is 1. The van der Waals surface area contributed by atoms with Gasteiger partial charge in [-0.2, -0.15) is 0 Å². The van der Waals surface area contributed by atoms with Crippen molar-refractivity contribution < 1.29 is 14.7 Å². The molecule has 0 aromatic carbocycles. The Morgan fingerprint density at radius 2 is 2.26 bits per heavy atom. The predicted octanol–water partition coefficient (Wildman–Crippen LogP) is 1.58. The van der Waals surface area contributed by atoms with Gasteiger partial charge in [0, 0.05) is 17.8 Å². The van der Waals surface area contributed by atoms with E-state index in [1.807, 2.05) is 0 Å². The lowest BCUT2D eigenvalue weighted by molar-refractivity contribution is -0.145. The number of rotatable bonds is 4. The molecule has 2 heterocycles. The number of nitrogens with zero attached hydrogens (tertiary/aromatic N) is 3. The van der Waals surface area contributed by atoms with Crippen LogP contribution in [0.25, 0.3) is 10.7 Å². The Labute approximate surface area is 135 Å². The number of carboxylic acid groups (broad SMARTS) is 1. The fourth-order valence-corrected chi connectivity index (χ4v) is 4.17. The second-order valence-electron chi connectivity index (χ2n) is 6.00. The van der Waals surface area contributed by atoms with Crippen LogP contribution in [0.1, 0.15) is 29.8 Å². The maximum absolute atomic E-state index is 12.5. The highest BCUT2D eigenvalue weighted by Gasteiger charge is 2.62. The Balaban J connectivity index is 1.56. The third-order valence-electron chi connectivity index (χ3n) is 4.70. The fraction of sp³-hybridized carbons (Fsp3) is 0.400. The standard InChI is InChI=1S/C15H14N4O3S/c20-12(19-15(14(21)22)2-1-8-5-9(8)15)11-7-23-13(18-11)10-6-16-3-4-17-10/h3-4,6-9H,1-2,5H2,(H,19,20)(H,21,22). The third kappa shape index (κ3) is 2.29. The maximum Gasteiger partial charge on any atom is 0.329 e.